The number of carbonyl (C=O) groups is 2. The molecule has 6 nitrogen and oxygen atoms in total. The highest BCUT2D eigenvalue weighted by atomic mass is 35.5. The van der Waals surface area contributed by atoms with Crippen molar-refractivity contribution in [1.82, 2.24) is 10.3 Å². The second-order valence-electron chi connectivity index (χ2n) is 4.17. The topological polar surface area (TPSA) is 91.1 Å². The highest BCUT2D eigenvalue weighted by Crippen LogP contribution is 2.23. The van der Waals surface area contributed by atoms with Crippen molar-refractivity contribution in [3.63, 3.8) is 0 Å². The summed E-state index contributed by atoms with van der Waals surface area (Å²) in [7, 11) is 1.51. The van der Waals surface area contributed by atoms with Gasteiger partial charge in [-0.3, -0.25) is 14.4 Å². The quantitative estimate of drug-likeness (QED) is 0.805. The van der Waals surface area contributed by atoms with Crippen LogP contribution in [0.4, 0.5) is 5.69 Å². The summed E-state index contributed by atoms with van der Waals surface area (Å²) in [5, 5.41) is 5.38. The number of pyridine rings is 1. The van der Waals surface area contributed by atoms with Crippen LogP contribution in [0.3, 0.4) is 0 Å². The van der Waals surface area contributed by atoms with E-state index in [1.807, 2.05) is 0 Å². The number of aromatic amines is 1. The lowest BCUT2D eigenvalue weighted by Gasteiger charge is -2.09. The van der Waals surface area contributed by atoms with Crippen molar-refractivity contribution in [2.45, 2.75) is 0 Å². The summed E-state index contributed by atoms with van der Waals surface area (Å²) >= 11 is 6.00. The Bertz CT molecular complexity index is 735. The van der Waals surface area contributed by atoms with E-state index in [0.29, 0.717) is 16.3 Å². The first kappa shape index (κ1) is 14.8. The third-order valence-electron chi connectivity index (χ3n) is 2.75. The number of amides is 2. The van der Waals surface area contributed by atoms with Gasteiger partial charge in [0.1, 0.15) is 0 Å². The molecule has 1 aromatic carbocycles. The van der Waals surface area contributed by atoms with Gasteiger partial charge in [0.05, 0.1) is 16.3 Å². The predicted molar refractivity (Wildman–Crippen MR) is 79.9 cm³/mol. The van der Waals surface area contributed by atoms with Crippen molar-refractivity contribution in [3.05, 3.63) is 63.0 Å². The minimum absolute atomic E-state index is 0.274. The van der Waals surface area contributed by atoms with Crippen LogP contribution < -0.4 is 16.2 Å². The number of carbonyl (C=O) groups excluding carboxylic acids is 2. The minimum Gasteiger partial charge on any atom is -0.355 e. The molecule has 0 aliphatic heterocycles. The van der Waals surface area contributed by atoms with Gasteiger partial charge in [-0.2, -0.15) is 0 Å². The molecular formula is C14H12ClN3O3. The molecule has 0 unspecified atom stereocenters. The number of hydrogen-bond donors (Lipinski definition) is 3. The van der Waals surface area contributed by atoms with Gasteiger partial charge in [0, 0.05) is 24.9 Å². The Morgan fingerprint density at radius 3 is 2.43 bits per heavy atom. The molecule has 0 saturated carbocycles. The fourth-order valence-electron chi connectivity index (χ4n) is 1.65. The van der Waals surface area contributed by atoms with Crippen molar-refractivity contribution in [2.24, 2.45) is 0 Å². The Hall–Kier alpha value is -2.60. The summed E-state index contributed by atoms with van der Waals surface area (Å²) in [5.41, 5.74) is 0.662. The molecule has 21 heavy (non-hydrogen) atoms. The van der Waals surface area contributed by atoms with Crippen molar-refractivity contribution >= 4 is 29.1 Å². The second-order valence-corrected chi connectivity index (χ2v) is 4.58. The predicted octanol–water partition coefficient (Wildman–Crippen LogP) is 1.64. The van der Waals surface area contributed by atoms with Crippen LogP contribution in [0, 0.1) is 0 Å². The van der Waals surface area contributed by atoms with Gasteiger partial charge < -0.3 is 15.6 Å². The molecular weight excluding hydrogens is 294 g/mol. The zero-order valence-electron chi connectivity index (χ0n) is 11.1. The van der Waals surface area contributed by atoms with Gasteiger partial charge in [0.25, 0.3) is 11.8 Å². The molecule has 108 valence electrons. The lowest BCUT2D eigenvalue weighted by atomic mass is 10.1. The number of rotatable bonds is 3. The van der Waals surface area contributed by atoms with E-state index in [9.17, 15) is 14.4 Å². The first-order chi connectivity index (χ1) is 10.0. The Morgan fingerprint density at radius 2 is 1.81 bits per heavy atom. The first-order valence-electron chi connectivity index (χ1n) is 6.03. The zero-order chi connectivity index (χ0) is 15.4. The highest BCUT2D eigenvalue weighted by molar-refractivity contribution is 6.34. The average molecular weight is 306 g/mol. The fourth-order valence-corrected chi connectivity index (χ4v) is 1.82. The van der Waals surface area contributed by atoms with E-state index in [-0.39, 0.29) is 17.0 Å². The van der Waals surface area contributed by atoms with E-state index < -0.39 is 5.91 Å². The summed E-state index contributed by atoms with van der Waals surface area (Å²) < 4.78 is 0. The van der Waals surface area contributed by atoms with Gasteiger partial charge in [-0.05, 0) is 24.3 Å². The average Bonchev–Trinajstić information content (AvgIpc) is 2.49. The summed E-state index contributed by atoms with van der Waals surface area (Å²) in [6, 6.07) is 7.19. The van der Waals surface area contributed by atoms with Crippen LogP contribution in [0.5, 0.6) is 0 Å². The van der Waals surface area contributed by atoms with Crippen LogP contribution in [0.15, 0.2) is 41.3 Å². The largest absolute Gasteiger partial charge is 0.355 e. The minimum atomic E-state index is -0.442. The van der Waals surface area contributed by atoms with E-state index in [0.717, 1.165) is 0 Å². The number of nitrogens with one attached hydrogen (secondary N) is 3. The van der Waals surface area contributed by atoms with Crippen LogP contribution >= 0.6 is 11.6 Å². The van der Waals surface area contributed by atoms with E-state index in [1.165, 1.54) is 37.5 Å². The molecule has 0 aliphatic carbocycles. The Kier molecular flexibility index (Phi) is 4.39. The summed E-state index contributed by atoms with van der Waals surface area (Å²) in [4.78, 5) is 37.0. The molecule has 2 amide bonds. The molecule has 0 atom stereocenters. The number of hydrogen-bond acceptors (Lipinski definition) is 3. The lowest BCUT2D eigenvalue weighted by molar-refractivity contribution is 0.0961. The standard InChI is InChI=1S/C14H12ClN3O3/c1-16-13(20)8-2-4-10(15)11(6-8)18-14(21)9-3-5-12(19)17-7-9/h2-7H,1H3,(H,16,20)(H,17,19)(H,18,21). The number of anilines is 1. The van der Waals surface area contributed by atoms with Gasteiger partial charge in [-0.25, -0.2) is 0 Å². The SMILES string of the molecule is CNC(=O)c1ccc(Cl)c(NC(=O)c2ccc(=O)[nH]c2)c1. The van der Waals surface area contributed by atoms with Crippen LogP contribution in [0.1, 0.15) is 20.7 Å². The molecule has 2 rings (SSSR count). The molecule has 1 heterocycles. The highest BCUT2D eigenvalue weighted by Gasteiger charge is 2.11. The molecule has 0 aliphatic rings. The van der Waals surface area contributed by atoms with Crippen molar-refractivity contribution in [1.29, 1.82) is 0 Å². The monoisotopic (exact) mass is 305 g/mol. The number of H-pyrrole nitrogens is 1. The molecule has 7 heteroatoms. The van der Waals surface area contributed by atoms with E-state index >= 15 is 0 Å². The molecule has 0 spiro atoms. The van der Waals surface area contributed by atoms with Crippen molar-refractivity contribution in [3.8, 4) is 0 Å². The zero-order valence-corrected chi connectivity index (χ0v) is 11.8. The summed E-state index contributed by atoms with van der Waals surface area (Å²) in [6.45, 7) is 0. The van der Waals surface area contributed by atoms with Crippen LogP contribution in [0.25, 0.3) is 0 Å². The maximum Gasteiger partial charge on any atom is 0.257 e. The maximum absolute atomic E-state index is 12.0. The summed E-state index contributed by atoms with van der Waals surface area (Å²) in [6.07, 6.45) is 1.30. The molecule has 3 N–H and O–H groups in total. The normalized spacial score (nSPS) is 10.0. The van der Waals surface area contributed by atoms with Crippen molar-refractivity contribution < 1.29 is 9.59 Å². The molecule has 0 saturated heterocycles. The fraction of sp³-hybridized carbons (Fsp3) is 0.0714. The van der Waals surface area contributed by atoms with E-state index in [2.05, 4.69) is 15.6 Å². The third kappa shape index (κ3) is 3.49. The van der Waals surface area contributed by atoms with Gasteiger partial charge in [-0.1, -0.05) is 11.6 Å². The lowest BCUT2D eigenvalue weighted by Crippen LogP contribution is -2.19. The second kappa shape index (κ2) is 6.23. The van der Waals surface area contributed by atoms with Crippen molar-refractivity contribution in [2.75, 3.05) is 12.4 Å². The maximum atomic E-state index is 12.0. The Balaban J connectivity index is 2.26. The third-order valence-corrected chi connectivity index (χ3v) is 3.08. The van der Waals surface area contributed by atoms with Gasteiger partial charge in [0.15, 0.2) is 0 Å². The first-order valence-corrected chi connectivity index (χ1v) is 6.41. The number of halogens is 1. The molecule has 0 radical (unpaired) electrons. The smallest absolute Gasteiger partial charge is 0.257 e. The van der Waals surface area contributed by atoms with Crippen LogP contribution in [0.2, 0.25) is 5.02 Å². The molecule has 0 fully saturated rings. The summed E-state index contributed by atoms with van der Waals surface area (Å²) in [5.74, 6) is -0.728. The van der Waals surface area contributed by atoms with Gasteiger partial charge in [-0.15, -0.1) is 0 Å². The molecule has 2 aromatic rings. The van der Waals surface area contributed by atoms with E-state index in [4.69, 9.17) is 11.6 Å². The van der Waals surface area contributed by atoms with Crippen LogP contribution in [-0.4, -0.2) is 23.8 Å². The van der Waals surface area contributed by atoms with Crippen LogP contribution in [-0.2, 0) is 0 Å². The number of benzene rings is 1. The number of aromatic nitrogens is 1. The van der Waals surface area contributed by atoms with Gasteiger partial charge in [0.2, 0.25) is 5.56 Å². The van der Waals surface area contributed by atoms with Gasteiger partial charge >= 0.3 is 0 Å². The van der Waals surface area contributed by atoms with E-state index in [1.54, 1.807) is 6.07 Å². The Labute approximate surface area is 125 Å². The molecule has 0 bridgehead atoms. The molecule has 1 aromatic heterocycles. The Morgan fingerprint density at radius 1 is 1.10 bits per heavy atom.